The zero-order chi connectivity index (χ0) is 11.4. The van der Waals surface area contributed by atoms with E-state index in [0.29, 0.717) is 11.7 Å². The van der Waals surface area contributed by atoms with Gasteiger partial charge in [-0.25, -0.2) is 8.78 Å². The molecule has 1 aromatic carbocycles. The Morgan fingerprint density at radius 1 is 1.31 bits per heavy atom. The smallest absolute Gasteiger partial charge is 0.160 e. The van der Waals surface area contributed by atoms with E-state index in [4.69, 9.17) is 0 Å². The number of nitrogens with one attached hydrogen (secondary N) is 2. The molecule has 2 nitrogen and oxygen atoms in total. The maximum atomic E-state index is 12.9. The molecule has 1 heterocycles. The van der Waals surface area contributed by atoms with Crippen molar-refractivity contribution in [3.05, 3.63) is 29.8 Å². The van der Waals surface area contributed by atoms with Gasteiger partial charge in [0.25, 0.3) is 0 Å². The molecule has 0 bridgehead atoms. The Morgan fingerprint density at radius 3 is 2.88 bits per heavy atom. The van der Waals surface area contributed by atoms with Crippen LogP contribution in [0, 0.1) is 11.6 Å². The average molecular weight is 226 g/mol. The summed E-state index contributed by atoms with van der Waals surface area (Å²) in [6, 6.07) is 4.46. The highest BCUT2D eigenvalue weighted by molar-refractivity contribution is 5.43. The first-order valence-corrected chi connectivity index (χ1v) is 5.68. The topological polar surface area (TPSA) is 24.1 Å². The van der Waals surface area contributed by atoms with Crippen LogP contribution in [0.25, 0.3) is 0 Å². The van der Waals surface area contributed by atoms with Gasteiger partial charge in [-0.05, 0) is 44.0 Å². The van der Waals surface area contributed by atoms with Crippen LogP contribution in [0.4, 0.5) is 14.5 Å². The Balaban J connectivity index is 1.78. The Bertz CT molecular complexity index is 349. The summed E-state index contributed by atoms with van der Waals surface area (Å²) in [5.41, 5.74) is 0.636. The van der Waals surface area contributed by atoms with Crippen LogP contribution in [0.15, 0.2) is 18.2 Å². The van der Waals surface area contributed by atoms with Crippen molar-refractivity contribution >= 4 is 5.69 Å². The number of halogens is 2. The molecule has 16 heavy (non-hydrogen) atoms. The Labute approximate surface area is 94.0 Å². The van der Waals surface area contributed by atoms with Crippen LogP contribution in [0.5, 0.6) is 0 Å². The van der Waals surface area contributed by atoms with Gasteiger partial charge in [0.15, 0.2) is 11.6 Å². The van der Waals surface area contributed by atoms with Crippen LogP contribution < -0.4 is 10.6 Å². The number of rotatable bonds is 4. The van der Waals surface area contributed by atoms with Gasteiger partial charge in [0.05, 0.1) is 0 Å². The van der Waals surface area contributed by atoms with Crippen molar-refractivity contribution < 1.29 is 8.78 Å². The van der Waals surface area contributed by atoms with Gasteiger partial charge in [0, 0.05) is 18.3 Å². The second-order valence-corrected chi connectivity index (χ2v) is 4.14. The molecule has 1 saturated heterocycles. The predicted molar refractivity (Wildman–Crippen MR) is 60.5 cm³/mol. The normalized spacial score (nSPS) is 20.0. The van der Waals surface area contributed by atoms with Crippen LogP contribution >= 0.6 is 0 Å². The highest BCUT2D eigenvalue weighted by atomic mass is 19.2. The zero-order valence-corrected chi connectivity index (χ0v) is 9.10. The van der Waals surface area contributed by atoms with Crippen molar-refractivity contribution in [3.63, 3.8) is 0 Å². The van der Waals surface area contributed by atoms with Crippen LogP contribution in [0.2, 0.25) is 0 Å². The quantitative estimate of drug-likeness (QED) is 0.824. The van der Waals surface area contributed by atoms with E-state index < -0.39 is 11.6 Å². The fourth-order valence-electron chi connectivity index (χ4n) is 2.00. The van der Waals surface area contributed by atoms with Gasteiger partial charge in [-0.15, -0.1) is 0 Å². The summed E-state index contributed by atoms with van der Waals surface area (Å²) in [6.07, 6.45) is 3.45. The molecule has 0 spiro atoms. The van der Waals surface area contributed by atoms with Gasteiger partial charge >= 0.3 is 0 Å². The van der Waals surface area contributed by atoms with Crippen molar-refractivity contribution in [2.24, 2.45) is 0 Å². The minimum atomic E-state index is -0.803. The summed E-state index contributed by atoms with van der Waals surface area (Å²) in [4.78, 5) is 0. The maximum Gasteiger partial charge on any atom is 0.160 e. The van der Waals surface area contributed by atoms with Gasteiger partial charge in [0.1, 0.15) is 0 Å². The zero-order valence-electron chi connectivity index (χ0n) is 9.10. The van der Waals surface area contributed by atoms with Crippen LogP contribution in [0.3, 0.4) is 0 Å². The van der Waals surface area contributed by atoms with Crippen LogP contribution in [-0.2, 0) is 0 Å². The molecule has 0 radical (unpaired) electrons. The Morgan fingerprint density at radius 2 is 2.19 bits per heavy atom. The Hall–Kier alpha value is -1.16. The lowest BCUT2D eigenvalue weighted by molar-refractivity contribution is 0.509. The molecule has 88 valence electrons. The highest BCUT2D eigenvalue weighted by Gasteiger charge is 2.12. The third-order valence-electron chi connectivity index (χ3n) is 2.90. The van der Waals surface area contributed by atoms with Gasteiger partial charge in [-0.1, -0.05) is 0 Å². The first-order chi connectivity index (χ1) is 7.75. The number of benzene rings is 1. The predicted octanol–water partition coefficient (Wildman–Crippen LogP) is 2.52. The third kappa shape index (κ3) is 2.92. The van der Waals surface area contributed by atoms with E-state index >= 15 is 0 Å². The summed E-state index contributed by atoms with van der Waals surface area (Å²) in [5, 5.41) is 6.48. The number of anilines is 1. The van der Waals surface area contributed by atoms with E-state index in [2.05, 4.69) is 10.6 Å². The SMILES string of the molecule is Fc1ccc(NCCC2CCCN2)cc1F. The van der Waals surface area contributed by atoms with E-state index in [9.17, 15) is 8.78 Å². The fraction of sp³-hybridized carbons (Fsp3) is 0.500. The van der Waals surface area contributed by atoms with Gasteiger partial charge in [-0.2, -0.15) is 0 Å². The molecule has 1 atom stereocenters. The summed E-state index contributed by atoms with van der Waals surface area (Å²) < 4.78 is 25.5. The summed E-state index contributed by atoms with van der Waals surface area (Å²) >= 11 is 0. The van der Waals surface area contributed by atoms with E-state index in [1.807, 2.05) is 0 Å². The largest absolute Gasteiger partial charge is 0.385 e. The third-order valence-corrected chi connectivity index (χ3v) is 2.90. The molecule has 1 aliphatic rings. The molecular weight excluding hydrogens is 210 g/mol. The lowest BCUT2D eigenvalue weighted by atomic mass is 10.1. The summed E-state index contributed by atoms with van der Waals surface area (Å²) in [7, 11) is 0. The highest BCUT2D eigenvalue weighted by Crippen LogP contribution is 2.14. The summed E-state index contributed by atoms with van der Waals surface area (Å²) in [6.45, 7) is 1.87. The second-order valence-electron chi connectivity index (χ2n) is 4.14. The molecule has 0 amide bonds. The second kappa shape index (κ2) is 5.25. The van der Waals surface area contributed by atoms with E-state index in [1.165, 1.54) is 18.9 Å². The van der Waals surface area contributed by atoms with Crippen molar-refractivity contribution in [2.75, 3.05) is 18.4 Å². The molecule has 1 aliphatic heterocycles. The van der Waals surface area contributed by atoms with Crippen molar-refractivity contribution in [2.45, 2.75) is 25.3 Å². The van der Waals surface area contributed by atoms with Crippen LogP contribution in [-0.4, -0.2) is 19.1 Å². The lowest BCUT2D eigenvalue weighted by Gasteiger charge is -2.11. The molecule has 1 aromatic rings. The monoisotopic (exact) mass is 226 g/mol. The molecule has 0 saturated carbocycles. The standard InChI is InChI=1S/C12H16F2N2/c13-11-4-3-10(8-12(11)14)16-7-5-9-2-1-6-15-9/h3-4,8-9,15-16H,1-2,5-7H2. The van der Waals surface area contributed by atoms with Crippen LogP contribution in [0.1, 0.15) is 19.3 Å². The molecule has 1 fully saturated rings. The number of hydrogen-bond donors (Lipinski definition) is 2. The maximum absolute atomic E-state index is 12.9. The van der Waals surface area contributed by atoms with E-state index in [0.717, 1.165) is 25.6 Å². The van der Waals surface area contributed by atoms with Crippen molar-refractivity contribution in [1.82, 2.24) is 5.32 Å². The Kier molecular flexibility index (Phi) is 3.72. The van der Waals surface area contributed by atoms with E-state index in [1.54, 1.807) is 6.07 Å². The van der Waals surface area contributed by atoms with Crippen molar-refractivity contribution in [1.29, 1.82) is 0 Å². The minimum Gasteiger partial charge on any atom is -0.385 e. The molecule has 2 rings (SSSR count). The molecular formula is C12H16F2N2. The first-order valence-electron chi connectivity index (χ1n) is 5.68. The molecule has 1 unspecified atom stereocenters. The molecule has 0 aromatic heterocycles. The molecule has 0 aliphatic carbocycles. The number of hydrogen-bond acceptors (Lipinski definition) is 2. The van der Waals surface area contributed by atoms with Crippen molar-refractivity contribution in [3.8, 4) is 0 Å². The van der Waals surface area contributed by atoms with Gasteiger partial charge in [-0.3, -0.25) is 0 Å². The molecule has 4 heteroatoms. The fourth-order valence-corrected chi connectivity index (χ4v) is 2.00. The molecule has 2 N–H and O–H groups in total. The van der Waals surface area contributed by atoms with E-state index in [-0.39, 0.29) is 0 Å². The average Bonchev–Trinajstić information content (AvgIpc) is 2.76. The minimum absolute atomic E-state index is 0.567. The lowest BCUT2D eigenvalue weighted by Crippen LogP contribution is -2.24. The first kappa shape index (κ1) is 11.3. The van der Waals surface area contributed by atoms with Gasteiger partial charge in [0.2, 0.25) is 0 Å². The van der Waals surface area contributed by atoms with Gasteiger partial charge < -0.3 is 10.6 Å². The summed E-state index contributed by atoms with van der Waals surface area (Å²) in [5.74, 6) is -1.60.